The number of nitrogens with two attached hydrogens (primary N) is 1. The lowest BCUT2D eigenvalue weighted by molar-refractivity contribution is 0.206. The Morgan fingerprint density at radius 3 is 2.70 bits per heavy atom. The molecule has 1 fully saturated rings. The van der Waals surface area contributed by atoms with Crippen molar-refractivity contribution in [3.05, 3.63) is 35.4 Å². The van der Waals surface area contributed by atoms with Crippen LogP contribution < -0.4 is 10.5 Å². The number of hydrogen-bond donors (Lipinski definition) is 2. The quantitative estimate of drug-likeness (QED) is 0.852. The normalized spacial score (nSPS) is 21.5. The number of benzene rings is 1. The summed E-state index contributed by atoms with van der Waals surface area (Å²) in [5.74, 6) is -1.81. The highest BCUT2D eigenvalue weighted by Crippen LogP contribution is 2.24. The lowest BCUT2D eigenvalue weighted by atomic mass is 10.0. The Kier molecular flexibility index (Phi) is 5.20. The fourth-order valence-electron chi connectivity index (χ4n) is 2.66. The van der Waals surface area contributed by atoms with Gasteiger partial charge in [-0.05, 0) is 17.9 Å². The van der Waals surface area contributed by atoms with Gasteiger partial charge in [0, 0.05) is 31.3 Å². The van der Waals surface area contributed by atoms with Gasteiger partial charge in [0.15, 0.2) is 0 Å². The molecular formula is C14H19F2N3O3S. The van der Waals surface area contributed by atoms with Gasteiger partial charge >= 0.3 is 6.03 Å². The van der Waals surface area contributed by atoms with E-state index < -0.39 is 27.7 Å². The Labute approximate surface area is 133 Å². The van der Waals surface area contributed by atoms with Crippen LogP contribution >= 0.6 is 0 Å². The van der Waals surface area contributed by atoms with E-state index in [1.54, 1.807) is 0 Å². The zero-order chi connectivity index (χ0) is 17.2. The zero-order valence-corrected chi connectivity index (χ0v) is 13.4. The van der Waals surface area contributed by atoms with Crippen molar-refractivity contribution < 1.29 is 22.0 Å². The number of halogens is 2. The van der Waals surface area contributed by atoms with Gasteiger partial charge in [0.1, 0.15) is 11.6 Å². The summed E-state index contributed by atoms with van der Waals surface area (Å²) in [6.07, 6.45) is 0. The summed E-state index contributed by atoms with van der Waals surface area (Å²) in [7, 11) is -3.60. The van der Waals surface area contributed by atoms with Crippen molar-refractivity contribution in [1.82, 2.24) is 10.2 Å². The van der Waals surface area contributed by atoms with E-state index in [0.717, 1.165) is 12.1 Å². The minimum atomic E-state index is -3.60. The number of amides is 2. The summed E-state index contributed by atoms with van der Waals surface area (Å²) in [5.41, 5.74) is 0.174. The molecule has 0 radical (unpaired) electrons. The molecule has 0 spiro atoms. The third kappa shape index (κ3) is 4.87. The maximum Gasteiger partial charge on any atom is 0.317 e. The van der Waals surface area contributed by atoms with Crippen LogP contribution in [0.15, 0.2) is 18.2 Å². The van der Waals surface area contributed by atoms with Crippen LogP contribution in [0.1, 0.15) is 12.5 Å². The SMILES string of the molecule is C[C@@H]1CN(C(=O)NCc2ccc(F)cc2F)C[C@H]1CS(N)(=O)=O. The lowest BCUT2D eigenvalue weighted by Gasteiger charge is -2.17. The zero-order valence-electron chi connectivity index (χ0n) is 12.6. The topological polar surface area (TPSA) is 92.5 Å². The number of sulfonamides is 1. The summed E-state index contributed by atoms with van der Waals surface area (Å²) in [5, 5.41) is 7.59. The molecule has 0 aromatic heterocycles. The van der Waals surface area contributed by atoms with Crippen molar-refractivity contribution in [2.75, 3.05) is 18.8 Å². The van der Waals surface area contributed by atoms with E-state index in [1.165, 1.54) is 11.0 Å². The van der Waals surface area contributed by atoms with Crippen molar-refractivity contribution in [3.63, 3.8) is 0 Å². The average molecular weight is 347 g/mol. The van der Waals surface area contributed by atoms with Gasteiger partial charge in [-0.1, -0.05) is 13.0 Å². The number of hydrogen-bond acceptors (Lipinski definition) is 3. The number of nitrogens with one attached hydrogen (secondary N) is 1. The number of carbonyl (C=O) groups excluding carboxylic acids is 1. The molecular weight excluding hydrogens is 328 g/mol. The molecule has 23 heavy (non-hydrogen) atoms. The molecule has 2 atom stereocenters. The molecule has 1 heterocycles. The molecule has 9 heteroatoms. The molecule has 1 saturated heterocycles. The van der Waals surface area contributed by atoms with Crippen LogP contribution in [-0.4, -0.2) is 38.2 Å². The molecule has 6 nitrogen and oxygen atoms in total. The van der Waals surface area contributed by atoms with Crippen LogP contribution in [0.5, 0.6) is 0 Å². The van der Waals surface area contributed by atoms with Gasteiger partial charge < -0.3 is 10.2 Å². The van der Waals surface area contributed by atoms with Crippen LogP contribution in [-0.2, 0) is 16.6 Å². The Morgan fingerprint density at radius 2 is 2.09 bits per heavy atom. The maximum absolute atomic E-state index is 13.5. The van der Waals surface area contributed by atoms with E-state index in [2.05, 4.69) is 5.32 Å². The van der Waals surface area contributed by atoms with Crippen LogP contribution in [0.4, 0.5) is 13.6 Å². The molecule has 3 N–H and O–H groups in total. The van der Waals surface area contributed by atoms with Gasteiger partial charge in [-0.3, -0.25) is 0 Å². The monoisotopic (exact) mass is 347 g/mol. The Bertz CT molecular complexity index is 697. The molecule has 1 aromatic rings. The third-order valence-corrected chi connectivity index (χ3v) is 4.84. The van der Waals surface area contributed by atoms with Gasteiger partial charge in [-0.15, -0.1) is 0 Å². The predicted octanol–water partition coefficient (Wildman–Crippen LogP) is 1.03. The van der Waals surface area contributed by atoms with Crippen LogP contribution in [0.25, 0.3) is 0 Å². The molecule has 0 saturated carbocycles. The van der Waals surface area contributed by atoms with Crippen molar-refractivity contribution in [2.45, 2.75) is 13.5 Å². The molecule has 1 aliphatic heterocycles. The second kappa shape index (κ2) is 6.79. The van der Waals surface area contributed by atoms with E-state index >= 15 is 0 Å². The summed E-state index contributed by atoms with van der Waals surface area (Å²) in [4.78, 5) is 13.6. The summed E-state index contributed by atoms with van der Waals surface area (Å²) in [6.45, 7) is 2.45. The second-order valence-corrected chi connectivity index (χ2v) is 7.53. The maximum atomic E-state index is 13.5. The number of nitrogens with zero attached hydrogens (tertiary/aromatic N) is 1. The van der Waals surface area contributed by atoms with E-state index in [-0.39, 0.29) is 36.2 Å². The van der Waals surface area contributed by atoms with E-state index in [1.807, 2.05) is 6.92 Å². The first-order chi connectivity index (χ1) is 10.7. The smallest absolute Gasteiger partial charge is 0.317 e. The summed E-state index contributed by atoms with van der Waals surface area (Å²) < 4.78 is 48.7. The first kappa shape index (κ1) is 17.6. The Balaban J connectivity index is 1.91. The van der Waals surface area contributed by atoms with Crippen LogP contribution in [0, 0.1) is 23.5 Å². The van der Waals surface area contributed by atoms with Crippen LogP contribution in [0.3, 0.4) is 0 Å². The largest absolute Gasteiger partial charge is 0.334 e. The van der Waals surface area contributed by atoms with E-state index in [9.17, 15) is 22.0 Å². The molecule has 128 valence electrons. The van der Waals surface area contributed by atoms with Gasteiger partial charge in [0.05, 0.1) is 5.75 Å². The number of primary sulfonamides is 1. The minimum Gasteiger partial charge on any atom is -0.334 e. The van der Waals surface area contributed by atoms with Crippen LogP contribution in [0.2, 0.25) is 0 Å². The predicted molar refractivity (Wildman–Crippen MR) is 80.8 cm³/mol. The number of likely N-dealkylation sites (tertiary alicyclic amines) is 1. The number of rotatable bonds is 4. The number of carbonyl (C=O) groups is 1. The van der Waals surface area contributed by atoms with Crippen molar-refractivity contribution in [2.24, 2.45) is 17.0 Å². The fraction of sp³-hybridized carbons (Fsp3) is 0.500. The molecule has 0 bridgehead atoms. The molecule has 2 amide bonds. The third-order valence-electron chi connectivity index (χ3n) is 3.95. The molecule has 0 aliphatic carbocycles. The average Bonchev–Trinajstić information content (AvgIpc) is 2.77. The minimum absolute atomic E-state index is 0.00151. The van der Waals surface area contributed by atoms with Gasteiger partial charge in [0.2, 0.25) is 10.0 Å². The first-order valence-corrected chi connectivity index (χ1v) is 8.84. The Morgan fingerprint density at radius 1 is 1.39 bits per heavy atom. The highest BCUT2D eigenvalue weighted by atomic mass is 32.2. The van der Waals surface area contributed by atoms with Gasteiger partial charge in [-0.2, -0.15) is 0 Å². The van der Waals surface area contributed by atoms with Crippen molar-refractivity contribution in [1.29, 1.82) is 0 Å². The Hall–Kier alpha value is -1.74. The fourth-order valence-corrected chi connectivity index (χ4v) is 3.69. The van der Waals surface area contributed by atoms with E-state index in [0.29, 0.717) is 6.54 Å². The number of urea groups is 1. The van der Waals surface area contributed by atoms with Crippen molar-refractivity contribution >= 4 is 16.1 Å². The summed E-state index contributed by atoms with van der Waals surface area (Å²) >= 11 is 0. The summed E-state index contributed by atoms with van der Waals surface area (Å²) in [6, 6.07) is 2.71. The molecule has 1 aliphatic rings. The lowest BCUT2D eigenvalue weighted by Crippen LogP contribution is -2.38. The molecule has 2 rings (SSSR count). The molecule has 0 unspecified atom stereocenters. The molecule has 1 aromatic carbocycles. The first-order valence-electron chi connectivity index (χ1n) is 7.13. The second-order valence-electron chi connectivity index (χ2n) is 5.87. The highest BCUT2D eigenvalue weighted by molar-refractivity contribution is 7.89. The van der Waals surface area contributed by atoms with E-state index in [4.69, 9.17) is 5.14 Å². The van der Waals surface area contributed by atoms with Crippen molar-refractivity contribution in [3.8, 4) is 0 Å². The standard InChI is InChI=1S/C14H19F2N3O3S/c1-9-6-19(7-11(9)8-23(17,21)22)14(20)18-5-10-2-3-12(15)4-13(10)16/h2-4,9,11H,5-8H2,1H3,(H,18,20)(H2,17,21,22)/t9-,11+/m1/s1. The highest BCUT2D eigenvalue weighted by Gasteiger charge is 2.34. The van der Waals surface area contributed by atoms with Gasteiger partial charge in [0.25, 0.3) is 0 Å². The van der Waals surface area contributed by atoms with Gasteiger partial charge in [-0.25, -0.2) is 27.1 Å².